The number of likely N-dealkylation sites (tertiary alicyclic amines) is 1. The second-order valence-electron chi connectivity index (χ2n) is 8.81. The number of halogens is 1. The van der Waals surface area contributed by atoms with E-state index in [1.54, 1.807) is 12.1 Å². The van der Waals surface area contributed by atoms with Crippen molar-refractivity contribution in [1.29, 1.82) is 0 Å². The highest BCUT2D eigenvalue weighted by Crippen LogP contribution is 2.32. The largest absolute Gasteiger partial charge is 0.389 e. The summed E-state index contributed by atoms with van der Waals surface area (Å²) in [6.07, 6.45) is 2.90. The van der Waals surface area contributed by atoms with E-state index >= 15 is 0 Å². The van der Waals surface area contributed by atoms with Gasteiger partial charge in [0.2, 0.25) is 15.9 Å². The van der Waals surface area contributed by atoms with Crippen LogP contribution in [0.3, 0.4) is 0 Å². The summed E-state index contributed by atoms with van der Waals surface area (Å²) in [5.74, 6) is 0.0961. The number of amides is 1. The average molecular weight is 487 g/mol. The minimum atomic E-state index is -3.91. The SMILES string of the molecule is O=C(C[C@H]1CC[C@@H]2[C@H](COC[C@H](O)CN2S(=O)(=O)c2cccc(Cl)c2)O1)N1CCCCC1. The van der Waals surface area contributed by atoms with Gasteiger partial charge in [0.1, 0.15) is 0 Å². The van der Waals surface area contributed by atoms with Crippen LogP contribution in [0.4, 0.5) is 0 Å². The standard InChI is InChI=1S/C22H31ClN2O6S/c23-16-5-4-6-19(11-16)32(28,29)25-13-17(26)14-30-15-21-20(25)8-7-18(31-21)12-22(27)24-9-2-1-3-10-24/h4-6,11,17-18,20-21,26H,1-3,7-10,12-15H2/t17-,18-,20-,21+/m1/s1. The fraction of sp³-hybridized carbons (Fsp3) is 0.682. The maximum Gasteiger partial charge on any atom is 0.243 e. The molecule has 0 radical (unpaired) electrons. The van der Waals surface area contributed by atoms with Gasteiger partial charge >= 0.3 is 0 Å². The molecule has 0 saturated carbocycles. The first kappa shape index (κ1) is 23.9. The Balaban J connectivity index is 1.50. The van der Waals surface area contributed by atoms with Crippen LogP contribution in [0.5, 0.6) is 0 Å². The van der Waals surface area contributed by atoms with E-state index in [0.717, 1.165) is 32.4 Å². The summed E-state index contributed by atoms with van der Waals surface area (Å²) in [4.78, 5) is 14.7. The molecule has 4 rings (SSSR count). The molecule has 10 heteroatoms. The van der Waals surface area contributed by atoms with E-state index < -0.39 is 28.3 Å². The van der Waals surface area contributed by atoms with Gasteiger partial charge in [0, 0.05) is 24.7 Å². The molecule has 3 saturated heterocycles. The first-order chi connectivity index (χ1) is 15.3. The molecular weight excluding hydrogens is 456 g/mol. The number of fused-ring (bicyclic) bond motifs is 1. The summed E-state index contributed by atoms with van der Waals surface area (Å²) in [6.45, 7) is 1.69. The van der Waals surface area contributed by atoms with E-state index in [1.807, 2.05) is 4.90 Å². The normalized spacial score (nSPS) is 30.2. The number of aliphatic hydroxyl groups is 1. The van der Waals surface area contributed by atoms with Crippen molar-refractivity contribution in [2.24, 2.45) is 0 Å². The van der Waals surface area contributed by atoms with Crippen molar-refractivity contribution in [3.63, 3.8) is 0 Å². The number of β-amino-alcohol motifs (C(OH)–C–C–N with tert-alkyl or cyclic N) is 1. The number of hydrogen-bond acceptors (Lipinski definition) is 6. The summed E-state index contributed by atoms with van der Waals surface area (Å²) < 4.78 is 40.1. The molecule has 1 amide bonds. The molecule has 4 atom stereocenters. The molecule has 1 aromatic rings. The van der Waals surface area contributed by atoms with Crippen molar-refractivity contribution in [1.82, 2.24) is 9.21 Å². The molecule has 1 aromatic carbocycles. The number of nitrogens with zero attached hydrogens (tertiary/aromatic N) is 2. The third-order valence-electron chi connectivity index (χ3n) is 6.45. The van der Waals surface area contributed by atoms with Crippen molar-refractivity contribution in [2.45, 2.75) is 67.8 Å². The van der Waals surface area contributed by atoms with Gasteiger partial charge < -0.3 is 19.5 Å². The third-order valence-corrected chi connectivity index (χ3v) is 8.57. The van der Waals surface area contributed by atoms with Gasteiger partial charge in [0.15, 0.2) is 0 Å². The van der Waals surface area contributed by atoms with E-state index in [9.17, 15) is 18.3 Å². The van der Waals surface area contributed by atoms with E-state index in [1.165, 1.54) is 16.4 Å². The molecule has 0 unspecified atom stereocenters. The van der Waals surface area contributed by atoms with Gasteiger partial charge in [-0.25, -0.2) is 8.42 Å². The summed E-state index contributed by atoms with van der Waals surface area (Å²) in [5.41, 5.74) is 0. The third kappa shape index (κ3) is 5.46. The Labute approximate surface area is 194 Å². The van der Waals surface area contributed by atoms with Crippen LogP contribution in [-0.4, -0.2) is 85.8 Å². The van der Waals surface area contributed by atoms with Gasteiger partial charge in [0.05, 0.1) is 48.9 Å². The van der Waals surface area contributed by atoms with Crippen molar-refractivity contribution in [2.75, 3.05) is 32.8 Å². The maximum atomic E-state index is 13.5. The van der Waals surface area contributed by atoms with Crippen LogP contribution in [0.2, 0.25) is 5.02 Å². The molecule has 0 aromatic heterocycles. The molecule has 0 aliphatic carbocycles. The lowest BCUT2D eigenvalue weighted by Gasteiger charge is -2.43. The second-order valence-corrected chi connectivity index (χ2v) is 11.1. The zero-order valence-electron chi connectivity index (χ0n) is 18.1. The highest BCUT2D eigenvalue weighted by molar-refractivity contribution is 7.89. The van der Waals surface area contributed by atoms with E-state index in [0.29, 0.717) is 24.3 Å². The summed E-state index contributed by atoms with van der Waals surface area (Å²) in [7, 11) is -3.91. The predicted octanol–water partition coefficient (Wildman–Crippen LogP) is 2.04. The second kappa shape index (κ2) is 10.4. The number of benzene rings is 1. The lowest BCUT2D eigenvalue weighted by atomic mass is 9.96. The van der Waals surface area contributed by atoms with Crippen LogP contribution in [0, 0.1) is 0 Å². The highest BCUT2D eigenvalue weighted by atomic mass is 35.5. The quantitative estimate of drug-likeness (QED) is 0.699. The van der Waals surface area contributed by atoms with Crippen LogP contribution in [0.25, 0.3) is 0 Å². The lowest BCUT2D eigenvalue weighted by molar-refractivity contribution is -0.152. The van der Waals surface area contributed by atoms with Gasteiger partial charge in [-0.1, -0.05) is 17.7 Å². The van der Waals surface area contributed by atoms with E-state index in [2.05, 4.69) is 0 Å². The monoisotopic (exact) mass is 486 g/mol. The highest BCUT2D eigenvalue weighted by Gasteiger charge is 2.43. The predicted molar refractivity (Wildman–Crippen MR) is 119 cm³/mol. The minimum absolute atomic E-state index is 0.0194. The lowest BCUT2D eigenvalue weighted by Crippen LogP contribution is -2.57. The molecule has 32 heavy (non-hydrogen) atoms. The van der Waals surface area contributed by atoms with Gasteiger partial charge in [0.25, 0.3) is 0 Å². The zero-order valence-corrected chi connectivity index (χ0v) is 19.6. The number of rotatable bonds is 4. The van der Waals surface area contributed by atoms with Crippen molar-refractivity contribution >= 4 is 27.5 Å². The molecule has 3 heterocycles. The first-order valence-electron chi connectivity index (χ1n) is 11.3. The number of hydrogen-bond donors (Lipinski definition) is 1. The van der Waals surface area contributed by atoms with Crippen LogP contribution in [-0.2, 0) is 24.3 Å². The van der Waals surface area contributed by atoms with Crippen molar-refractivity contribution in [3.05, 3.63) is 29.3 Å². The Morgan fingerprint density at radius 1 is 1.16 bits per heavy atom. The molecule has 1 N–H and O–H groups in total. The number of carbonyl (C=O) groups is 1. The van der Waals surface area contributed by atoms with Gasteiger partial charge in [-0.05, 0) is 50.3 Å². The van der Waals surface area contributed by atoms with E-state index in [-0.39, 0.29) is 36.7 Å². The Hall–Kier alpha value is -1.23. The Morgan fingerprint density at radius 2 is 1.94 bits per heavy atom. The van der Waals surface area contributed by atoms with Crippen LogP contribution in [0.15, 0.2) is 29.2 Å². The smallest absolute Gasteiger partial charge is 0.243 e. The first-order valence-corrected chi connectivity index (χ1v) is 13.1. The summed E-state index contributed by atoms with van der Waals surface area (Å²) in [6, 6.07) is 5.64. The topological polar surface area (TPSA) is 96.4 Å². The zero-order chi connectivity index (χ0) is 22.7. The fourth-order valence-corrected chi connectivity index (χ4v) is 6.82. The number of ether oxygens (including phenoxy) is 2. The minimum Gasteiger partial charge on any atom is -0.389 e. The van der Waals surface area contributed by atoms with Crippen molar-refractivity contribution < 1.29 is 27.8 Å². The molecular formula is C22H31ClN2O6S. The molecule has 178 valence electrons. The number of aliphatic hydroxyl groups excluding tert-OH is 1. The molecule has 3 aliphatic rings. The van der Waals surface area contributed by atoms with Gasteiger partial charge in [-0.15, -0.1) is 0 Å². The Kier molecular flexibility index (Phi) is 7.74. The van der Waals surface area contributed by atoms with Gasteiger partial charge in [-0.2, -0.15) is 4.31 Å². The van der Waals surface area contributed by atoms with E-state index in [4.69, 9.17) is 21.1 Å². The maximum absolute atomic E-state index is 13.5. The Morgan fingerprint density at radius 3 is 2.69 bits per heavy atom. The molecule has 0 bridgehead atoms. The van der Waals surface area contributed by atoms with Crippen molar-refractivity contribution in [3.8, 4) is 0 Å². The van der Waals surface area contributed by atoms with Crippen LogP contribution in [0.1, 0.15) is 38.5 Å². The molecule has 3 aliphatic heterocycles. The number of carbonyl (C=O) groups excluding carboxylic acids is 1. The Bertz CT molecular complexity index is 907. The van der Waals surface area contributed by atoms with Crippen LogP contribution < -0.4 is 0 Å². The number of piperidine rings is 1. The molecule has 8 nitrogen and oxygen atoms in total. The molecule has 0 spiro atoms. The fourth-order valence-electron chi connectivity index (χ4n) is 4.80. The van der Waals surface area contributed by atoms with Gasteiger partial charge in [-0.3, -0.25) is 4.79 Å². The summed E-state index contributed by atoms with van der Waals surface area (Å²) in [5, 5.41) is 10.6. The number of sulfonamides is 1. The average Bonchev–Trinajstić information content (AvgIpc) is 2.77. The molecule has 3 fully saturated rings. The van der Waals surface area contributed by atoms with Crippen LogP contribution >= 0.6 is 11.6 Å². The summed E-state index contributed by atoms with van der Waals surface area (Å²) >= 11 is 6.03.